The third kappa shape index (κ3) is 11.0. The van der Waals surface area contributed by atoms with E-state index in [2.05, 4.69) is 0 Å². The van der Waals surface area contributed by atoms with E-state index in [1.165, 1.54) is 38.5 Å². The summed E-state index contributed by atoms with van der Waals surface area (Å²) in [5.74, 6) is -2.27. The van der Waals surface area contributed by atoms with Gasteiger partial charge in [0.1, 0.15) is 12.0 Å². The van der Waals surface area contributed by atoms with Crippen LogP contribution in [0.5, 0.6) is 0 Å². The van der Waals surface area contributed by atoms with Gasteiger partial charge in [0.2, 0.25) is 0 Å². The minimum atomic E-state index is -1.53. The van der Waals surface area contributed by atoms with Gasteiger partial charge in [-0.3, -0.25) is 9.59 Å². The molecule has 6 nitrogen and oxygen atoms in total. The van der Waals surface area contributed by atoms with E-state index in [4.69, 9.17) is 10.8 Å². The van der Waals surface area contributed by atoms with E-state index in [9.17, 15) is 19.5 Å². The molecule has 3 N–H and O–H groups in total. The molecular formula is C18H30NNaO5. The summed E-state index contributed by atoms with van der Waals surface area (Å²) in [6.07, 6.45) is 12.5. The number of aliphatic carboxylic acids is 2. The molecular weight excluding hydrogens is 333 g/mol. The van der Waals surface area contributed by atoms with Gasteiger partial charge >= 0.3 is 35.5 Å². The summed E-state index contributed by atoms with van der Waals surface area (Å²) in [5.41, 5.74) is 5.45. The van der Waals surface area contributed by atoms with Crippen LogP contribution in [0.2, 0.25) is 0 Å². The van der Waals surface area contributed by atoms with Gasteiger partial charge in [-0.1, -0.05) is 64.2 Å². The molecule has 2 rings (SSSR count). The molecule has 0 radical (unpaired) electrons. The zero-order valence-electron chi connectivity index (χ0n) is 15.4. The maximum atomic E-state index is 10.7. The quantitative estimate of drug-likeness (QED) is 0.445. The predicted molar refractivity (Wildman–Crippen MR) is 88.0 cm³/mol. The molecule has 2 aliphatic rings. The number of hydrogen-bond donors (Lipinski definition) is 2. The average molecular weight is 363 g/mol. The molecule has 0 aromatic heterocycles. The number of carboxylic acids is 2. The Morgan fingerprint density at radius 2 is 1.36 bits per heavy atom. The van der Waals surface area contributed by atoms with E-state index in [1.807, 2.05) is 0 Å². The molecule has 0 heterocycles. The third-order valence-electron chi connectivity index (χ3n) is 5.06. The molecule has 0 saturated heterocycles. The van der Waals surface area contributed by atoms with Crippen molar-refractivity contribution in [3.8, 4) is 0 Å². The van der Waals surface area contributed by atoms with E-state index in [1.54, 1.807) is 0 Å². The molecule has 0 spiro atoms. The minimum absolute atomic E-state index is 0. The van der Waals surface area contributed by atoms with Gasteiger partial charge < -0.3 is 20.7 Å². The van der Waals surface area contributed by atoms with Crippen LogP contribution in [0.1, 0.15) is 77.0 Å². The van der Waals surface area contributed by atoms with Gasteiger partial charge in [0.15, 0.2) is 5.78 Å². The number of carboxylic acid groups (broad SMARTS) is 2. The molecule has 1 atom stereocenters. The number of Topliss-reactive ketones (excluding diaryl/α,β-unsaturated/α-hetero) is 1. The molecule has 138 valence electrons. The van der Waals surface area contributed by atoms with Crippen molar-refractivity contribution in [1.82, 2.24) is 0 Å². The van der Waals surface area contributed by atoms with Crippen LogP contribution < -0.4 is 40.4 Å². The van der Waals surface area contributed by atoms with Crippen LogP contribution in [0, 0.1) is 11.8 Å². The molecule has 0 aromatic rings. The summed E-state index contributed by atoms with van der Waals surface area (Å²) in [7, 11) is 0. The van der Waals surface area contributed by atoms with Crippen LogP contribution in [0.25, 0.3) is 0 Å². The standard InChI is InChI=1S/C9H17NO2.C9H14O3.Na/c2*10-8(9(11)12)6-7-4-2-1-3-5-7;/h7-8H,1-6,10H2,(H,11,12);7H,1-6H2,(H,11,12);/q;;+1/p-1/t8-;;/m1../s1. The van der Waals surface area contributed by atoms with Crippen LogP contribution in [-0.4, -0.2) is 28.9 Å². The second-order valence-electron chi connectivity index (χ2n) is 7.10. The predicted octanol–water partition coefficient (Wildman–Crippen LogP) is -1.35. The third-order valence-corrected chi connectivity index (χ3v) is 5.06. The molecule has 2 fully saturated rings. The zero-order chi connectivity index (χ0) is 17.9. The van der Waals surface area contributed by atoms with Gasteiger partial charge in [-0.05, 0) is 18.3 Å². The Morgan fingerprint density at radius 3 is 1.76 bits per heavy atom. The Kier molecular flexibility index (Phi) is 13.5. The number of rotatable bonds is 6. The van der Waals surface area contributed by atoms with Crippen molar-refractivity contribution in [3.05, 3.63) is 0 Å². The number of hydrogen-bond acceptors (Lipinski definition) is 5. The molecule has 0 bridgehead atoms. The van der Waals surface area contributed by atoms with Gasteiger partial charge in [0, 0.05) is 6.42 Å². The molecule has 2 aliphatic carbocycles. The van der Waals surface area contributed by atoms with Crippen molar-refractivity contribution in [2.45, 2.75) is 83.1 Å². The SMILES string of the molecule is N[C@H](CC1CCCCC1)C(=O)O.O=C([O-])C(=O)CC1CCCCC1.[Na+]. The van der Waals surface area contributed by atoms with E-state index in [0.29, 0.717) is 18.3 Å². The van der Waals surface area contributed by atoms with Crippen molar-refractivity contribution in [2.24, 2.45) is 17.6 Å². The monoisotopic (exact) mass is 363 g/mol. The Labute approximate surface area is 172 Å². The van der Waals surface area contributed by atoms with Crippen molar-refractivity contribution in [1.29, 1.82) is 0 Å². The number of carbonyl (C=O) groups excluding carboxylic acids is 2. The van der Waals surface area contributed by atoms with Crippen LogP contribution >= 0.6 is 0 Å². The second-order valence-corrected chi connectivity index (χ2v) is 7.10. The fraction of sp³-hybridized carbons (Fsp3) is 0.833. The average Bonchev–Trinajstić information content (AvgIpc) is 2.57. The summed E-state index contributed by atoms with van der Waals surface area (Å²) in [4.78, 5) is 31.3. The summed E-state index contributed by atoms with van der Waals surface area (Å²) in [5, 5.41) is 18.7. The van der Waals surface area contributed by atoms with Crippen molar-refractivity contribution < 1.29 is 54.2 Å². The Bertz CT molecular complexity index is 418. The van der Waals surface area contributed by atoms with Crippen molar-refractivity contribution >= 4 is 17.7 Å². The summed E-state index contributed by atoms with van der Waals surface area (Å²) in [6, 6.07) is -0.645. The van der Waals surface area contributed by atoms with Gasteiger partial charge in [-0.15, -0.1) is 0 Å². The number of nitrogens with two attached hydrogens (primary N) is 1. The first-order valence-corrected chi connectivity index (χ1v) is 9.12. The smallest absolute Gasteiger partial charge is 0.542 e. The first kappa shape index (κ1) is 24.6. The van der Waals surface area contributed by atoms with Crippen LogP contribution in [0.15, 0.2) is 0 Å². The van der Waals surface area contributed by atoms with E-state index in [0.717, 1.165) is 25.7 Å². The molecule has 0 amide bonds. The fourth-order valence-corrected chi connectivity index (χ4v) is 3.62. The molecule has 7 heteroatoms. The summed E-state index contributed by atoms with van der Waals surface area (Å²) < 4.78 is 0. The largest absolute Gasteiger partial charge is 1.00 e. The number of ketones is 1. The Hall–Kier alpha value is -0.430. The second kappa shape index (κ2) is 13.7. The minimum Gasteiger partial charge on any atom is -0.542 e. The van der Waals surface area contributed by atoms with Crippen molar-refractivity contribution in [2.75, 3.05) is 0 Å². The van der Waals surface area contributed by atoms with Crippen molar-refractivity contribution in [3.63, 3.8) is 0 Å². The summed E-state index contributed by atoms with van der Waals surface area (Å²) in [6.45, 7) is 0. The first-order chi connectivity index (χ1) is 11.4. The molecule has 0 aliphatic heterocycles. The van der Waals surface area contributed by atoms with Crippen LogP contribution in [0.4, 0.5) is 0 Å². The van der Waals surface area contributed by atoms with Gasteiger partial charge in [0.25, 0.3) is 0 Å². The maximum absolute atomic E-state index is 10.7. The molecule has 2 saturated carbocycles. The van der Waals surface area contributed by atoms with E-state index in [-0.39, 0.29) is 36.0 Å². The normalized spacial score (nSPS) is 19.7. The van der Waals surface area contributed by atoms with Gasteiger partial charge in [-0.2, -0.15) is 0 Å². The number of carbonyl (C=O) groups is 3. The Balaban J connectivity index is 0.000000443. The molecule has 0 unspecified atom stereocenters. The topological polar surface area (TPSA) is 121 Å². The van der Waals surface area contributed by atoms with E-state index >= 15 is 0 Å². The summed E-state index contributed by atoms with van der Waals surface area (Å²) >= 11 is 0. The first-order valence-electron chi connectivity index (χ1n) is 9.12. The molecule has 25 heavy (non-hydrogen) atoms. The zero-order valence-corrected chi connectivity index (χ0v) is 17.4. The van der Waals surface area contributed by atoms with Crippen LogP contribution in [-0.2, 0) is 14.4 Å². The molecule has 0 aromatic carbocycles. The maximum Gasteiger partial charge on any atom is 1.00 e. The fourth-order valence-electron chi connectivity index (χ4n) is 3.62. The van der Waals surface area contributed by atoms with Gasteiger partial charge in [0.05, 0.1) is 0 Å². The Morgan fingerprint density at radius 1 is 0.920 bits per heavy atom. The van der Waals surface area contributed by atoms with E-state index < -0.39 is 23.8 Å². The van der Waals surface area contributed by atoms with Crippen LogP contribution in [0.3, 0.4) is 0 Å². The van der Waals surface area contributed by atoms with Gasteiger partial charge in [-0.25, -0.2) is 0 Å².